The number of benzene rings is 2. The molecule has 35 heavy (non-hydrogen) atoms. The van der Waals surface area contributed by atoms with Crippen molar-refractivity contribution in [3.63, 3.8) is 0 Å². The van der Waals surface area contributed by atoms with Gasteiger partial charge >= 0.3 is 0 Å². The minimum absolute atomic E-state index is 0.138. The van der Waals surface area contributed by atoms with E-state index in [-0.39, 0.29) is 18.8 Å². The molecule has 1 saturated carbocycles. The number of aromatic amines is 1. The highest BCUT2D eigenvalue weighted by molar-refractivity contribution is 5.85. The lowest BCUT2D eigenvalue weighted by Crippen LogP contribution is -2.46. The highest BCUT2D eigenvalue weighted by atomic mass is 19.1. The molecule has 2 heterocycles. The van der Waals surface area contributed by atoms with E-state index in [0.29, 0.717) is 51.3 Å². The highest BCUT2D eigenvalue weighted by Gasteiger charge is 2.48. The van der Waals surface area contributed by atoms with E-state index < -0.39 is 5.67 Å². The topological polar surface area (TPSA) is 49.5 Å². The average molecular weight is 484 g/mol. The number of aromatic nitrogens is 1. The van der Waals surface area contributed by atoms with Gasteiger partial charge in [0.25, 0.3) is 0 Å². The number of hydrogen-bond donors (Lipinski definition) is 2. The molecule has 1 aromatic heterocycles. The van der Waals surface area contributed by atoms with E-state index in [4.69, 9.17) is 9.47 Å². The van der Waals surface area contributed by atoms with Crippen molar-refractivity contribution in [2.45, 2.75) is 50.4 Å². The Morgan fingerprint density at radius 3 is 2.77 bits per heavy atom. The van der Waals surface area contributed by atoms with Crippen molar-refractivity contribution < 1.29 is 18.3 Å². The Morgan fingerprint density at radius 1 is 1.17 bits per heavy atom. The quantitative estimate of drug-likeness (QED) is 0.362. The predicted molar refractivity (Wildman–Crippen MR) is 135 cm³/mol. The van der Waals surface area contributed by atoms with Gasteiger partial charge in [0.1, 0.15) is 23.8 Å². The van der Waals surface area contributed by atoms with Crippen molar-refractivity contribution >= 4 is 10.9 Å². The Hall–Kier alpha value is -2.64. The molecular weight excluding hydrogens is 448 g/mol. The van der Waals surface area contributed by atoms with E-state index in [0.717, 1.165) is 28.9 Å². The number of hydrogen-bond acceptors (Lipinski definition) is 4. The monoisotopic (exact) mass is 483 g/mol. The van der Waals surface area contributed by atoms with Crippen LogP contribution in [0.4, 0.5) is 8.78 Å². The van der Waals surface area contributed by atoms with Gasteiger partial charge in [-0.2, -0.15) is 0 Å². The number of methoxy groups -OCH3 is 1. The smallest absolute Gasteiger partial charge is 0.127 e. The van der Waals surface area contributed by atoms with Crippen LogP contribution in [0.3, 0.4) is 0 Å². The molecular formula is C28H35F2N3O2. The second kappa shape index (κ2) is 10.2. The zero-order valence-corrected chi connectivity index (χ0v) is 20.6. The number of para-hydroxylation sites is 1. The van der Waals surface area contributed by atoms with E-state index in [1.807, 2.05) is 24.3 Å². The zero-order valence-electron chi connectivity index (χ0n) is 20.6. The third-order valence-corrected chi connectivity index (χ3v) is 7.31. The maximum atomic E-state index is 15.1. The number of fused-ring (bicyclic) bond motifs is 3. The molecule has 5 rings (SSSR count). The first-order valence-corrected chi connectivity index (χ1v) is 12.6. The number of alkyl halides is 2. The van der Waals surface area contributed by atoms with Crippen LogP contribution in [0.25, 0.3) is 10.9 Å². The maximum absolute atomic E-state index is 15.1. The minimum Gasteiger partial charge on any atom is -0.496 e. The van der Waals surface area contributed by atoms with Crippen LogP contribution in [0.15, 0.2) is 42.5 Å². The average Bonchev–Trinajstić information content (AvgIpc) is 3.49. The molecule has 3 aromatic rings. The molecule has 2 atom stereocenters. The molecule has 7 heteroatoms. The van der Waals surface area contributed by atoms with E-state index >= 15 is 4.39 Å². The Balaban J connectivity index is 1.46. The molecule has 188 valence electrons. The Labute approximate surface area is 205 Å². The number of nitrogens with one attached hydrogen (secondary N) is 2. The lowest BCUT2D eigenvalue weighted by Gasteiger charge is -2.42. The van der Waals surface area contributed by atoms with Crippen molar-refractivity contribution in [2.75, 3.05) is 40.0 Å². The molecule has 2 aromatic carbocycles. The van der Waals surface area contributed by atoms with Crippen LogP contribution < -0.4 is 14.8 Å². The number of rotatable bonds is 11. The molecule has 1 aliphatic carbocycles. The first kappa shape index (κ1) is 24.1. The molecule has 0 unspecified atom stereocenters. The van der Waals surface area contributed by atoms with Crippen LogP contribution in [-0.4, -0.2) is 61.6 Å². The summed E-state index contributed by atoms with van der Waals surface area (Å²) in [7, 11) is 1.67. The fraction of sp³-hybridized carbons (Fsp3) is 0.500. The number of ether oxygens (including phenoxy) is 2. The summed E-state index contributed by atoms with van der Waals surface area (Å²) >= 11 is 0. The summed E-state index contributed by atoms with van der Waals surface area (Å²) in [4.78, 5) is 5.96. The first-order valence-electron chi connectivity index (χ1n) is 12.6. The summed E-state index contributed by atoms with van der Waals surface area (Å²) in [6.45, 7) is 4.07. The van der Waals surface area contributed by atoms with Crippen LogP contribution in [0.1, 0.15) is 49.0 Å². The lowest BCUT2D eigenvalue weighted by atomic mass is 9.87. The van der Waals surface area contributed by atoms with Gasteiger partial charge in [0.05, 0.1) is 19.8 Å². The van der Waals surface area contributed by atoms with Crippen molar-refractivity contribution in [1.82, 2.24) is 15.2 Å². The summed E-state index contributed by atoms with van der Waals surface area (Å²) in [6.07, 6.45) is 2.65. The van der Waals surface area contributed by atoms with Crippen molar-refractivity contribution in [3.05, 3.63) is 59.3 Å². The van der Waals surface area contributed by atoms with E-state index in [1.165, 1.54) is 10.9 Å². The van der Waals surface area contributed by atoms with Gasteiger partial charge in [-0.1, -0.05) is 18.2 Å². The Morgan fingerprint density at radius 2 is 2.00 bits per heavy atom. The van der Waals surface area contributed by atoms with Gasteiger partial charge < -0.3 is 19.8 Å². The molecule has 0 radical (unpaired) electrons. The van der Waals surface area contributed by atoms with E-state index in [9.17, 15) is 4.39 Å². The summed E-state index contributed by atoms with van der Waals surface area (Å²) < 4.78 is 39.1. The van der Waals surface area contributed by atoms with Gasteiger partial charge in [-0.15, -0.1) is 0 Å². The summed E-state index contributed by atoms with van der Waals surface area (Å²) in [6, 6.07) is 14.4. The van der Waals surface area contributed by atoms with E-state index in [1.54, 1.807) is 7.11 Å². The van der Waals surface area contributed by atoms with E-state index in [2.05, 4.69) is 40.3 Å². The normalized spacial score (nSPS) is 21.1. The Bertz CT molecular complexity index is 1160. The molecule has 0 bridgehead atoms. The molecule has 2 N–H and O–H groups in total. The number of halogens is 2. The van der Waals surface area contributed by atoms with Crippen LogP contribution in [0.2, 0.25) is 0 Å². The molecule has 1 fully saturated rings. The fourth-order valence-electron chi connectivity index (χ4n) is 5.27. The van der Waals surface area contributed by atoms with Gasteiger partial charge in [-0.3, -0.25) is 9.29 Å². The van der Waals surface area contributed by atoms with Crippen molar-refractivity contribution in [1.29, 1.82) is 0 Å². The van der Waals surface area contributed by atoms with Gasteiger partial charge in [0.2, 0.25) is 0 Å². The minimum atomic E-state index is -1.10. The molecule has 0 spiro atoms. The van der Waals surface area contributed by atoms with Gasteiger partial charge in [-0.25, -0.2) is 4.39 Å². The largest absolute Gasteiger partial charge is 0.496 e. The van der Waals surface area contributed by atoms with Gasteiger partial charge in [0, 0.05) is 47.4 Å². The molecule has 0 amide bonds. The predicted octanol–water partition coefficient (Wildman–Crippen LogP) is 5.34. The third kappa shape index (κ3) is 5.02. The molecule has 0 saturated heterocycles. The zero-order chi connectivity index (χ0) is 24.4. The van der Waals surface area contributed by atoms with Crippen LogP contribution in [0.5, 0.6) is 11.5 Å². The second-order valence-electron chi connectivity index (χ2n) is 9.89. The Kier molecular flexibility index (Phi) is 6.98. The van der Waals surface area contributed by atoms with Gasteiger partial charge in [0.15, 0.2) is 0 Å². The van der Waals surface area contributed by atoms with Crippen LogP contribution in [0, 0.1) is 0 Å². The maximum Gasteiger partial charge on any atom is 0.127 e. The SMILES string of the molecule is COc1cc(OCCNCCCF)ccc1[C@@H]1c2[nH]c3ccccc3c2C[C@@H](C)N1CC1(F)CC1. The number of nitrogens with zero attached hydrogens (tertiary/aromatic N) is 1. The van der Waals surface area contributed by atoms with Crippen LogP contribution in [-0.2, 0) is 6.42 Å². The fourth-order valence-corrected chi connectivity index (χ4v) is 5.27. The second-order valence-corrected chi connectivity index (χ2v) is 9.89. The third-order valence-electron chi connectivity index (χ3n) is 7.31. The summed E-state index contributed by atoms with van der Waals surface area (Å²) in [5.74, 6) is 1.44. The molecule has 1 aliphatic heterocycles. The highest BCUT2D eigenvalue weighted by Crippen LogP contribution is 2.48. The first-order chi connectivity index (χ1) is 17.0. The standard InChI is InChI=1S/C28H35F2N3O2/c1-19-16-23-21-6-3-4-7-24(21)32-26(23)27(33(19)18-28(30)10-11-28)22-9-8-20(17-25(22)34-2)35-15-14-31-13-5-12-29/h3-4,6-9,17,19,27,31-32H,5,10-16,18H2,1-2H3/t19-,27-/m1/s1. The summed E-state index contributed by atoms with van der Waals surface area (Å²) in [5, 5.41) is 4.40. The van der Waals surface area contributed by atoms with Crippen molar-refractivity contribution in [2.24, 2.45) is 0 Å². The summed E-state index contributed by atoms with van der Waals surface area (Å²) in [5.41, 5.74) is 3.44. The lowest BCUT2D eigenvalue weighted by molar-refractivity contribution is 0.0956. The molecule has 5 nitrogen and oxygen atoms in total. The molecule has 2 aliphatic rings. The van der Waals surface area contributed by atoms with Gasteiger partial charge in [-0.05, 0) is 62.9 Å². The van der Waals surface area contributed by atoms with Crippen LogP contribution >= 0.6 is 0 Å². The van der Waals surface area contributed by atoms with Crippen molar-refractivity contribution in [3.8, 4) is 11.5 Å². The number of H-pyrrole nitrogens is 1.